The lowest BCUT2D eigenvalue weighted by Crippen LogP contribution is -2.24. The van der Waals surface area contributed by atoms with Gasteiger partial charge in [0.2, 0.25) is 5.04 Å². The quantitative estimate of drug-likeness (QED) is 0.172. The van der Waals surface area contributed by atoms with Crippen LogP contribution < -0.4 is 0 Å². The molecule has 10 heteroatoms. The lowest BCUT2D eigenvalue weighted by molar-refractivity contribution is -0.181. The van der Waals surface area contributed by atoms with E-state index in [1.54, 1.807) is 60.7 Å². The van der Waals surface area contributed by atoms with Crippen molar-refractivity contribution in [3.05, 3.63) is 66.2 Å². The maximum absolute atomic E-state index is 12.5. The molecule has 2 rings (SSSR count). The van der Waals surface area contributed by atoms with Gasteiger partial charge in [0.15, 0.2) is 6.61 Å². The predicted octanol–water partition coefficient (Wildman–Crippen LogP) is 4.05. The molecular formula is C18H16F3NO4S2. The van der Waals surface area contributed by atoms with Gasteiger partial charge in [0.25, 0.3) is 0 Å². The van der Waals surface area contributed by atoms with Gasteiger partial charge in [-0.05, 0) is 23.6 Å². The fourth-order valence-electron chi connectivity index (χ4n) is 1.86. The van der Waals surface area contributed by atoms with Crippen LogP contribution in [0.2, 0.25) is 0 Å². The average Bonchev–Trinajstić information content (AvgIpc) is 2.64. The fraction of sp³-hybridized carbons (Fsp3) is 0.167. The number of alkyl halides is 3. The van der Waals surface area contributed by atoms with Gasteiger partial charge in [0.1, 0.15) is 9.80 Å². The van der Waals surface area contributed by atoms with E-state index in [4.69, 9.17) is 4.28 Å². The fourth-order valence-corrected chi connectivity index (χ4v) is 3.61. The van der Waals surface area contributed by atoms with Crippen molar-refractivity contribution in [3.8, 4) is 0 Å². The Bertz CT molecular complexity index is 915. The van der Waals surface area contributed by atoms with Crippen LogP contribution in [0.1, 0.15) is 5.56 Å². The molecule has 150 valence electrons. The van der Waals surface area contributed by atoms with E-state index in [1.807, 2.05) is 0 Å². The van der Waals surface area contributed by atoms with Crippen molar-refractivity contribution in [2.24, 2.45) is 5.16 Å². The Kier molecular flexibility index (Phi) is 7.53. The summed E-state index contributed by atoms with van der Waals surface area (Å²) >= 11 is 0.724. The summed E-state index contributed by atoms with van der Waals surface area (Å²) in [5.74, 6) is 2.01. The first kappa shape index (κ1) is 21.8. The Hall–Kier alpha value is -2.46. The molecule has 2 aromatic carbocycles. The number of esters is 1. The van der Waals surface area contributed by atoms with E-state index in [0.29, 0.717) is 10.5 Å². The molecule has 0 amide bonds. The van der Waals surface area contributed by atoms with Crippen LogP contribution in [0.4, 0.5) is 13.2 Å². The van der Waals surface area contributed by atoms with Gasteiger partial charge in [0.05, 0.1) is 5.75 Å². The number of halogens is 3. The molecule has 0 aliphatic rings. The number of hydrogen-bond donors (Lipinski definition) is 0. The minimum Gasteiger partial charge on any atom is -0.451 e. The normalized spacial score (nSPS) is 14.2. The topological polar surface area (TPSA) is 65.0 Å². The maximum atomic E-state index is 12.5. The number of thioether (sulfide) groups is 1. The van der Waals surface area contributed by atoms with Crippen LogP contribution in [-0.4, -0.2) is 33.9 Å². The summed E-state index contributed by atoms with van der Waals surface area (Å²) in [6.45, 7) is -1.77. The molecule has 0 spiro atoms. The molecule has 5 nitrogen and oxygen atoms in total. The van der Waals surface area contributed by atoms with Gasteiger partial charge >= 0.3 is 12.1 Å². The van der Waals surface area contributed by atoms with Gasteiger partial charge in [-0.3, -0.25) is 0 Å². The third kappa shape index (κ3) is 8.05. The Morgan fingerprint density at radius 3 is 2.21 bits per heavy atom. The highest BCUT2D eigenvalue weighted by atomic mass is 32.2. The Labute approximate surface area is 164 Å². The summed E-state index contributed by atoms with van der Waals surface area (Å²) < 4.78 is 58.5. The molecule has 1 atom stereocenters. The minimum atomic E-state index is -4.69. The number of oxime groups is 1. The standard InChI is InChI=1S/C18H16F3NO4S2/c1-28(24,12-14-8-4-2-5-9-14)26-22-16(17(23)25-13-18(19,20)21)27-15-10-6-3-7-11-15/h2-11H,1,12-13H2/b22-16-. The van der Waals surface area contributed by atoms with Gasteiger partial charge < -0.3 is 9.02 Å². The highest BCUT2D eigenvalue weighted by Crippen LogP contribution is 2.22. The third-order valence-electron chi connectivity index (χ3n) is 2.98. The third-order valence-corrected chi connectivity index (χ3v) is 5.05. The molecule has 0 aliphatic carbocycles. The number of carbonyl (C=O) groups is 1. The summed E-state index contributed by atoms with van der Waals surface area (Å²) in [6.07, 6.45) is -4.69. The highest BCUT2D eigenvalue weighted by Gasteiger charge is 2.31. The number of carbonyl (C=O) groups excluding carboxylic acids is 1. The molecule has 0 N–H and O–H groups in total. The Morgan fingerprint density at radius 1 is 1.07 bits per heavy atom. The van der Waals surface area contributed by atoms with Crippen LogP contribution in [-0.2, 0) is 29.4 Å². The van der Waals surface area contributed by atoms with Gasteiger partial charge in [-0.15, -0.1) is 0 Å². The molecule has 0 bridgehead atoms. The number of nitrogens with zero attached hydrogens (tertiary/aromatic N) is 1. The van der Waals surface area contributed by atoms with Crippen molar-refractivity contribution < 1.29 is 31.2 Å². The smallest absolute Gasteiger partial charge is 0.422 e. The zero-order valence-electron chi connectivity index (χ0n) is 14.4. The maximum Gasteiger partial charge on any atom is 0.422 e. The van der Waals surface area contributed by atoms with E-state index in [2.05, 4.69) is 15.8 Å². The van der Waals surface area contributed by atoms with Gasteiger partial charge in [-0.1, -0.05) is 65.4 Å². The SMILES string of the molecule is C=S(=O)(Cc1ccccc1)O/N=C(\Sc1ccccc1)C(=O)OCC(F)(F)F. The zero-order valence-corrected chi connectivity index (χ0v) is 16.1. The average molecular weight is 431 g/mol. The van der Waals surface area contributed by atoms with E-state index < -0.39 is 33.6 Å². The van der Waals surface area contributed by atoms with Crippen molar-refractivity contribution in [2.75, 3.05) is 6.61 Å². The largest absolute Gasteiger partial charge is 0.451 e. The summed E-state index contributed by atoms with van der Waals surface area (Å²) in [7, 11) is -3.23. The molecule has 0 radical (unpaired) electrons. The molecule has 0 fully saturated rings. The van der Waals surface area contributed by atoms with Gasteiger partial charge in [-0.2, -0.15) is 13.2 Å². The molecule has 28 heavy (non-hydrogen) atoms. The minimum absolute atomic E-state index is 0.0851. The van der Waals surface area contributed by atoms with Gasteiger partial charge in [0, 0.05) is 4.90 Å². The van der Waals surface area contributed by atoms with Crippen molar-refractivity contribution >= 4 is 38.4 Å². The van der Waals surface area contributed by atoms with E-state index in [0.717, 1.165) is 11.8 Å². The van der Waals surface area contributed by atoms with Crippen molar-refractivity contribution in [1.82, 2.24) is 0 Å². The first-order valence-corrected chi connectivity index (χ1v) is 10.4. The predicted molar refractivity (Wildman–Crippen MR) is 103 cm³/mol. The second kappa shape index (κ2) is 9.65. The first-order chi connectivity index (χ1) is 13.1. The van der Waals surface area contributed by atoms with E-state index >= 15 is 0 Å². The van der Waals surface area contributed by atoms with Gasteiger partial charge in [-0.25, -0.2) is 9.00 Å². The lowest BCUT2D eigenvalue weighted by atomic mass is 10.2. The van der Waals surface area contributed by atoms with Crippen molar-refractivity contribution in [3.63, 3.8) is 0 Å². The van der Waals surface area contributed by atoms with Crippen LogP contribution in [0.25, 0.3) is 0 Å². The van der Waals surface area contributed by atoms with E-state index in [-0.39, 0.29) is 5.75 Å². The summed E-state index contributed by atoms with van der Waals surface area (Å²) in [5, 5.41) is 2.96. The second-order valence-electron chi connectivity index (χ2n) is 5.45. The van der Waals surface area contributed by atoms with E-state index in [9.17, 15) is 22.2 Å². The van der Waals surface area contributed by atoms with Crippen LogP contribution in [0.3, 0.4) is 0 Å². The molecule has 0 heterocycles. The molecule has 0 aromatic heterocycles. The highest BCUT2D eigenvalue weighted by molar-refractivity contribution is 8.15. The monoisotopic (exact) mass is 431 g/mol. The zero-order chi connectivity index (χ0) is 20.6. The number of hydrogen-bond acceptors (Lipinski definition) is 6. The molecule has 0 aliphatic heterocycles. The Morgan fingerprint density at radius 2 is 1.64 bits per heavy atom. The number of rotatable bonds is 6. The number of ether oxygens (including phenoxy) is 1. The van der Waals surface area contributed by atoms with Crippen LogP contribution >= 0.6 is 11.8 Å². The van der Waals surface area contributed by atoms with Crippen molar-refractivity contribution in [2.45, 2.75) is 16.8 Å². The first-order valence-electron chi connectivity index (χ1n) is 7.77. The van der Waals surface area contributed by atoms with Crippen molar-refractivity contribution in [1.29, 1.82) is 0 Å². The molecular weight excluding hydrogens is 415 g/mol. The molecule has 0 saturated heterocycles. The molecule has 1 unspecified atom stereocenters. The van der Waals surface area contributed by atoms with Crippen LogP contribution in [0.5, 0.6) is 0 Å². The molecule has 0 saturated carbocycles. The van der Waals surface area contributed by atoms with Crippen LogP contribution in [0, 0.1) is 0 Å². The summed E-state index contributed by atoms with van der Waals surface area (Å²) in [4.78, 5) is 12.5. The second-order valence-corrected chi connectivity index (χ2v) is 8.44. The van der Waals surface area contributed by atoms with E-state index in [1.165, 1.54) is 0 Å². The molecule has 2 aromatic rings. The number of benzene rings is 2. The summed E-state index contributed by atoms with van der Waals surface area (Å²) in [6, 6.07) is 16.9. The lowest BCUT2D eigenvalue weighted by Gasteiger charge is -2.11. The Balaban J connectivity index is 2.15. The van der Waals surface area contributed by atoms with Crippen LogP contribution in [0.15, 0.2) is 70.7 Å². The summed E-state index contributed by atoms with van der Waals surface area (Å²) in [5.41, 5.74) is 0.662.